The first kappa shape index (κ1) is 27.4. The van der Waals surface area contributed by atoms with Crippen LogP contribution in [0.5, 0.6) is 0 Å². The minimum atomic E-state index is -1.10. The van der Waals surface area contributed by atoms with Crippen LogP contribution in [0.25, 0.3) is 0 Å². The Hall–Kier alpha value is -2.85. The lowest BCUT2D eigenvalue weighted by Gasteiger charge is -2.29. The van der Waals surface area contributed by atoms with E-state index in [2.05, 4.69) is 10.1 Å². The summed E-state index contributed by atoms with van der Waals surface area (Å²) >= 11 is 0. The molecule has 10 nitrogen and oxygen atoms in total. The number of hydrogen-bond donors (Lipinski definition) is 3. The molecule has 0 aromatic rings. The lowest BCUT2D eigenvalue weighted by Crippen LogP contribution is -2.48. The molecule has 0 radical (unpaired) electrons. The third-order valence-corrected chi connectivity index (χ3v) is 3.63. The van der Waals surface area contributed by atoms with Gasteiger partial charge in [-0.15, -0.1) is 0 Å². The van der Waals surface area contributed by atoms with Crippen molar-refractivity contribution in [3.63, 3.8) is 0 Å². The van der Waals surface area contributed by atoms with Gasteiger partial charge in [0.1, 0.15) is 12.1 Å². The summed E-state index contributed by atoms with van der Waals surface area (Å²) in [6.07, 6.45) is -0.307. The Morgan fingerprint density at radius 1 is 1.00 bits per heavy atom. The first-order valence-corrected chi connectivity index (χ1v) is 8.82. The molecule has 158 valence electrons. The van der Waals surface area contributed by atoms with Crippen LogP contribution in [-0.2, 0) is 14.3 Å². The summed E-state index contributed by atoms with van der Waals surface area (Å²) < 4.78 is 4.50. The quantitative estimate of drug-likeness (QED) is 0.464. The molecular formula is C18H30N4O6. The third-order valence-electron chi connectivity index (χ3n) is 3.63. The average molecular weight is 398 g/mol. The number of rotatable bonds is 10. The fourth-order valence-electron chi connectivity index (χ4n) is 2.30. The minimum absolute atomic E-state index is 0.0428. The normalized spacial score (nSPS) is 12.0. The first-order chi connectivity index (χ1) is 13.0. The highest BCUT2D eigenvalue weighted by Gasteiger charge is 2.32. The van der Waals surface area contributed by atoms with Crippen molar-refractivity contribution >= 4 is 18.0 Å². The van der Waals surface area contributed by atoms with E-state index >= 15 is 0 Å². The van der Waals surface area contributed by atoms with Crippen molar-refractivity contribution in [1.29, 1.82) is 10.5 Å². The van der Waals surface area contributed by atoms with Crippen molar-refractivity contribution in [2.75, 3.05) is 20.2 Å². The highest BCUT2D eigenvalue weighted by Crippen LogP contribution is 2.13. The van der Waals surface area contributed by atoms with E-state index in [9.17, 15) is 14.4 Å². The number of aliphatic carboxylic acids is 2. The van der Waals surface area contributed by atoms with Crippen molar-refractivity contribution < 1.29 is 29.3 Å². The summed E-state index contributed by atoms with van der Waals surface area (Å²) in [5, 5.41) is 37.2. The molecule has 1 amide bonds. The van der Waals surface area contributed by atoms with Crippen molar-refractivity contribution in [2.45, 2.75) is 52.6 Å². The average Bonchev–Trinajstić information content (AvgIpc) is 2.60. The van der Waals surface area contributed by atoms with Crippen molar-refractivity contribution in [3.05, 3.63) is 0 Å². The standard InChI is InChI=1S/C10H16N2O4.C8H14N2O2/c1-7(2)8(9(13)14)12(6-4-5-11)10(15)16-3;1-6(2)7(8(11)12)10-5-3-4-9/h7-8H,4,6H2,1-3H3,(H,13,14);6-7,10H,3,5H2,1-2H3,(H,11,12)/t8-;7-/m00/s1. The number of carbonyl (C=O) groups is 3. The van der Waals surface area contributed by atoms with E-state index in [1.807, 2.05) is 26.0 Å². The second-order valence-corrected chi connectivity index (χ2v) is 6.52. The summed E-state index contributed by atoms with van der Waals surface area (Å²) in [6, 6.07) is 2.30. The van der Waals surface area contributed by atoms with Crippen LogP contribution >= 0.6 is 0 Å². The van der Waals surface area contributed by atoms with E-state index in [1.54, 1.807) is 13.8 Å². The number of carbonyl (C=O) groups excluding carboxylic acids is 1. The fraction of sp³-hybridized carbons (Fsp3) is 0.722. The Morgan fingerprint density at radius 2 is 1.54 bits per heavy atom. The molecule has 0 saturated carbocycles. The summed E-state index contributed by atoms with van der Waals surface area (Å²) in [6.45, 7) is 7.54. The summed E-state index contributed by atoms with van der Waals surface area (Å²) in [5.74, 6) is -2.17. The zero-order chi connectivity index (χ0) is 22.3. The number of hydrogen-bond acceptors (Lipinski definition) is 7. The fourth-order valence-corrected chi connectivity index (χ4v) is 2.30. The van der Waals surface area contributed by atoms with Gasteiger partial charge in [0, 0.05) is 19.5 Å². The molecule has 0 aliphatic heterocycles. The van der Waals surface area contributed by atoms with Crippen LogP contribution in [0.2, 0.25) is 0 Å². The van der Waals surface area contributed by atoms with Gasteiger partial charge in [-0.3, -0.25) is 9.69 Å². The van der Waals surface area contributed by atoms with Crippen molar-refractivity contribution in [2.24, 2.45) is 11.8 Å². The van der Waals surface area contributed by atoms with Crippen LogP contribution in [0.15, 0.2) is 0 Å². The number of nitrogens with one attached hydrogen (secondary N) is 1. The molecule has 0 aromatic carbocycles. The second kappa shape index (κ2) is 15.2. The van der Waals surface area contributed by atoms with Gasteiger partial charge in [0.2, 0.25) is 0 Å². The molecular weight excluding hydrogens is 368 g/mol. The van der Waals surface area contributed by atoms with E-state index in [0.717, 1.165) is 4.90 Å². The minimum Gasteiger partial charge on any atom is -0.480 e. The maximum absolute atomic E-state index is 11.4. The second-order valence-electron chi connectivity index (χ2n) is 6.52. The molecule has 28 heavy (non-hydrogen) atoms. The SMILES string of the molecule is CC(C)[C@H](NCCC#N)C(=O)O.COC(=O)N(CCC#N)[C@H](C(=O)O)C(C)C. The maximum atomic E-state index is 11.4. The van der Waals surface area contributed by atoms with Crippen LogP contribution in [0.1, 0.15) is 40.5 Å². The number of amides is 1. The van der Waals surface area contributed by atoms with Gasteiger partial charge in [0.05, 0.1) is 25.7 Å². The molecule has 10 heteroatoms. The van der Waals surface area contributed by atoms with Gasteiger partial charge in [-0.25, -0.2) is 9.59 Å². The topological polar surface area (TPSA) is 164 Å². The molecule has 0 heterocycles. The number of nitriles is 2. The Morgan fingerprint density at radius 3 is 1.86 bits per heavy atom. The van der Waals surface area contributed by atoms with Crippen molar-refractivity contribution in [3.8, 4) is 12.1 Å². The van der Waals surface area contributed by atoms with Gasteiger partial charge in [-0.2, -0.15) is 10.5 Å². The Labute approximate surface area is 165 Å². The van der Waals surface area contributed by atoms with Crippen LogP contribution < -0.4 is 5.32 Å². The molecule has 0 fully saturated rings. The molecule has 0 spiro atoms. The van der Waals surface area contributed by atoms with Gasteiger partial charge < -0.3 is 20.3 Å². The van der Waals surface area contributed by atoms with E-state index in [1.165, 1.54) is 7.11 Å². The molecule has 0 aromatic heterocycles. The molecule has 0 aliphatic rings. The van der Waals surface area contributed by atoms with Crippen molar-refractivity contribution in [1.82, 2.24) is 10.2 Å². The van der Waals surface area contributed by atoms with Crippen LogP contribution in [-0.4, -0.2) is 65.4 Å². The molecule has 3 N–H and O–H groups in total. The van der Waals surface area contributed by atoms with Gasteiger partial charge >= 0.3 is 18.0 Å². The van der Waals surface area contributed by atoms with Gasteiger partial charge in [0.25, 0.3) is 0 Å². The number of ether oxygens (including phenoxy) is 1. The number of carboxylic acids is 2. The maximum Gasteiger partial charge on any atom is 0.410 e. The van der Waals surface area contributed by atoms with Gasteiger partial charge in [-0.1, -0.05) is 27.7 Å². The van der Waals surface area contributed by atoms with E-state index in [-0.39, 0.29) is 24.8 Å². The smallest absolute Gasteiger partial charge is 0.410 e. The van der Waals surface area contributed by atoms with Gasteiger partial charge in [-0.05, 0) is 11.8 Å². The summed E-state index contributed by atoms with van der Waals surface area (Å²) in [4.78, 5) is 34.1. The van der Waals surface area contributed by atoms with Crippen LogP contribution in [0.4, 0.5) is 4.79 Å². The highest BCUT2D eigenvalue weighted by molar-refractivity contribution is 5.80. The Balaban J connectivity index is 0. The summed E-state index contributed by atoms with van der Waals surface area (Å²) in [5.41, 5.74) is 0. The van der Waals surface area contributed by atoms with E-state index in [4.69, 9.17) is 20.7 Å². The molecule has 0 unspecified atom stereocenters. The van der Waals surface area contributed by atoms with Gasteiger partial charge in [0.15, 0.2) is 0 Å². The Bertz CT molecular complexity index is 580. The third kappa shape index (κ3) is 11.0. The molecule has 0 bridgehead atoms. The largest absolute Gasteiger partial charge is 0.480 e. The molecule has 2 atom stereocenters. The lowest BCUT2D eigenvalue weighted by atomic mass is 10.0. The Kier molecular flexibility index (Phi) is 14.9. The van der Waals surface area contributed by atoms with Crippen LogP contribution in [0.3, 0.4) is 0 Å². The number of carboxylic acid groups (broad SMARTS) is 2. The summed E-state index contributed by atoms with van der Waals surface area (Å²) in [7, 11) is 1.18. The first-order valence-electron chi connectivity index (χ1n) is 8.82. The van der Waals surface area contributed by atoms with Crippen LogP contribution in [0, 0.1) is 34.5 Å². The highest BCUT2D eigenvalue weighted by atomic mass is 16.5. The molecule has 0 saturated heterocycles. The van der Waals surface area contributed by atoms with E-state index in [0.29, 0.717) is 13.0 Å². The lowest BCUT2D eigenvalue weighted by molar-refractivity contribution is -0.144. The predicted octanol–water partition coefficient (Wildman–Crippen LogP) is 1.68. The number of methoxy groups -OCH3 is 1. The monoisotopic (exact) mass is 398 g/mol. The van der Waals surface area contributed by atoms with E-state index < -0.39 is 30.1 Å². The zero-order valence-corrected chi connectivity index (χ0v) is 17.0. The molecule has 0 rings (SSSR count). The molecule has 0 aliphatic carbocycles. The number of nitrogens with zero attached hydrogens (tertiary/aromatic N) is 3. The zero-order valence-electron chi connectivity index (χ0n) is 17.0. The predicted molar refractivity (Wildman–Crippen MR) is 100 cm³/mol.